The smallest absolute Gasteiger partial charge is 0.255 e. The van der Waals surface area contributed by atoms with Gasteiger partial charge in [-0.2, -0.15) is 0 Å². The monoisotopic (exact) mass is 359 g/mol. The van der Waals surface area contributed by atoms with Crippen molar-refractivity contribution in [2.45, 2.75) is 0 Å². The first-order valence-electron chi connectivity index (χ1n) is 8.41. The minimum Gasteiger partial charge on any atom is -0.507 e. The second-order valence-electron chi connectivity index (χ2n) is 6.13. The number of carbonyl (C=O) groups is 1. The van der Waals surface area contributed by atoms with Crippen molar-refractivity contribution >= 4 is 33.1 Å². The number of ether oxygens (including phenoxy) is 1. The van der Waals surface area contributed by atoms with Crippen molar-refractivity contribution in [3.05, 3.63) is 72.3 Å². The molecular formula is C22H17NO4. The largest absolute Gasteiger partial charge is 0.507 e. The summed E-state index contributed by atoms with van der Waals surface area (Å²) in [7, 11) is 1.51. The summed E-state index contributed by atoms with van der Waals surface area (Å²) in [6, 6.07) is 19.0. The summed E-state index contributed by atoms with van der Waals surface area (Å²) in [5.74, 6) is 0.125. The Hall–Kier alpha value is -3.73. The first kappa shape index (κ1) is 16.7. The first-order chi connectivity index (χ1) is 13.1. The molecule has 0 radical (unpaired) electrons. The fraction of sp³-hybridized carbons (Fsp3) is 0.0455. The zero-order chi connectivity index (χ0) is 19.0. The van der Waals surface area contributed by atoms with Crippen LogP contribution in [0.2, 0.25) is 0 Å². The van der Waals surface area contributed by atoms with Crippen molar-refractivity contribution in [2.24, 2.45) is 0 Å². The summed E-state index contributed by atoms with van der Waals surface area (Å²) in [5.41, 5.74) is 0.916. The number of carbonyl (C=O) groups excluding carboxylic acids is 1. The first-order valence-corrected chi connectivity index (χ1v) is 8.41. The van der Waals surface area contributed by atoms with Crippen LogP contribution in [0, 0.1) is 0 Å². The molecule has 1 amide bonds. The molecule has 0 spiro atoms. The minimum absolute atomic E-state index is 0.00828. The summed E-state index contributed by atoms with van der Waals surface area (Å²) in [6.45, 7) is 0. The van der Waals surface area contributed by atoms with Gasteiger partial charge in [-0.1, -0.05) is 42.5 Å². The third-order valence-corrected chi connectivity index (χ3v) is 4.58. The van der Waals surface area contributed by atoms with Crippen LogP contribution in [0.4, 0.5) is 5.69 Å². The Labute approximate surface area is 155 Å². The maximum Gasteiger partial charge on any atom is 0.255 e. The molecule has 0 saturated heterocycles. The number of aromatic hydroxyl groups is 2. The van der Waals surface area contributed by atoms with E-state index in [0.717, 1.165) is 0 Å². The van der Waals surface area contributed by atoms with Crippen LogP contribution in [0.3, 0.4) is 0 Å². The van der Waals surface area contributed by atoms with E-state index in [1.54, 1.807) is 60.7 Å². The molecule has 0 aliphatic heterocycles. The van der Waals surface area contributed by atoms with Gasteiger partial charge in [-0.05, 0) is 24.3 Å². The standard InChI is InChI=1S/C22H17NO4/c1-27-17-12-6-10-15-19(17)21(25)14-9-5-11-16(18(14)20(15)24)23-22(26)13-7-3-2-4-8-13/h2-12,24-25H,1H3,(H,23,26). The number of anilines is 1. The molecule has 0 aromatic heterocycles. The Morgan fingerprint density at radius 1 is 0.815 bits per heavy atom. The molecule has 0 unspecified atom stereocenters. The van der Waals surface area contributed by atoms with E-state index in [-0.39, 0.29) is 17.4 Å². The van der Waals surface area contributed by atoms with Crippen LogP contribution in [0.25, 0.3) is 21.5 Å². The third kappa shape index (κ3) is 2.69. The molecule has 0 aliphatic rings. The van der Waals surface area contributed by atoms with Crippen molar-refractivity contribution in [1.82, 2.24) is 0 Å². The predicted molar refractivity (Wildman–Crippen MR) is 106 cm³/mol. The molecule has 5 nitrogen and oxygen atoms in total. The lowest BCUT2D eigenvalue weighted by Gasteiger charge is -2.15. The number of hydrogen-bond donors (Lipinski definition) is 3. The summed E-state index contributed by atoms with van der Waals surface area (Å²) < 4.78 is 5.32. The van der Waals surface area contributed by atoms with Gasteiger partial charge in [-0.3, -0.25) is 4.79 Å². The SMILES string of the molecule is COc1cccc2c(O)c3c(NC(=O)c4ccccc4)cccc3c(O)c12. The maximum atomic E-state index is 12.5. The number of hydrogen-bond acceptors (Lipinski definition) is 4. The van der Waals surface area contributed by atoms with E-state index in [4.69, 9.17) is 4.74 Å². The Bertz CT molecular complexity index is 1170. The van der Waals surface area contributed by atoms with Crippen molar-refractivity contribution in [2.75, 3.05) is 12.4 Å². The Morgan fingerprint density at radius 2 is 1.44 bits per heavy atom. The lowest BCUT2D eigenvalue weighted by Crippen LogP contribution is -2.11. The van der Waals surface area contributed by atoms with Crippen molar-refractivity contribution in [3.8, 4) is 17.2 Å². The fourth-order valence-electron chi connectivity index (χ4n) is 3.31. The van der Waals surface area contributed by atoms with Crippen LogP contribution < -0.4 is 10.1 Å². The van der Waals surface area contributed by atoms with E-state index in [9.17, 15) is 15.0 Å². The molecule has 5 heteroatoms. The van der Waals surface area contributed by atoms with E-state index in [1.807, 2.05) is 6.07 Å². The number of benzene rings is 4. The van der Waals surface area contributed by atoms with Crippen LogP contribution in [0.5, 0.6) is 17.2 Å². The van der Waals surface area contributed by atoms with E-state index < -0.39 is 0 Å². The van der Waals surface area contributed by atoms with Gasteiger partial charge in [0.1, 0.15) is 17.2 Å². The highest BCUT2D eigenvalue weighted by atomic mass is 16.5. The molecule has 134 valence electrons. The molecule has 4 aromatic carbocycles. The highest BCUT2D eigenvalue weighted by molar-refractivity contribution is 6.18. The molecule has 0 heterocycles. The highest BCUT2D eigenvalue weighted by Crippen LogP contribution is 2.47. The molecular weight excluding hydrogens is 342 g/mol. The third-order valence-electron chi connectivity index (χ3n) is 4.58. The van der Waals surface area contributed by atoms with Crippen LogP contribution in [-0.2, 0) is 0 Å². The van der Waals surface area contributed by atoms with Crippen LogP contribution in [-0.4, -0.2) is 23.2 Å². The highest BCUT2D eigenvalue weighted by Gasteiger charge is 2.19. The Balaban J connectivity index is 1.95. The number of rotatable bonds is 3. The number of phenolic OH excluding ortho intramolecular Hbond substituents is 2. The molecule has 0 saturated carbocycles. The second-order valence-corrected chi connectivity index (χ2v) is 6.13. The van der Waals surface area contributed by atoms with Gasteiger partial charge in [0.2, 0.25) is 0 Å². The summed E-state index contributed by atoms with van der Waals surface area (Å²) in [4.78, 5) is 12.5. The lowest BCUT2D eigenvalue weighted by atomic mass is 9.98. The van der Waals surface area contributed by atoms with Gasteiger partial charge < -0.3 is 20.3 Å². The zero-order valence-corrected chi connectivity index (χ0v) is 14.6. The molecule has 0 atom stereocenters. The van der Waals surface area contributed by atoms with Crippen LogP contribution >= 0.6 is 0 Å². The van der Waals surface area contributed by atoms with E-state index in [0.29, 0.717) is 38.5 Å². The second kappa shape index (κ2) is 6.53. The minimum atomic E-state index is -0.298. The van der Waals surface area contributed by atoms with Gasteiger partial charge in [-0.15, -0.1) is 0 Å². The van der Waals surface area contributed by atoms with Gasteiger partial charge in [-0.25, -0.2) is 0 Å². The zero-order valence-electron chi connectivity index (χ0n) is 14.6. The number of fused-ring (bicyclic) bond motifs is 2. The van der Waals surface area contributed by atoms with Crippen molar-refractivity contribution < 1.29 is 19.7 Å². The van der Waals surface area contributed by atoms with Crippen LogP contribution in [0.15, 0.2) is 66.7 Å². The Kier molecular flexibility index (Phi) is 4.05. The van der Waals surface area contributed by atoms with E-state index in [2.05, 4.69) is 5.32 Å². The molecule has 3 N–H and O–H groups in total. The van der Waals surface area contributed by atoms with Gasteiger partial charge in [0, 0.05) is 16.3 Å². The van der Waals surface area contributed by atoms with E-state index >= 15 is 0 Å². The summed E-state index contributed by atoms with van der Waals surface area (Å²) >= 11 is 0. The Morgan fingerprint density at radius 3 is 2.15 bits per heavy atom. The van der Waals surface area contributed by atoms with Gasteiger partial charge >= 0.3 is 0 Å². The molecule has 0 fully saturated rings. The topological polar surface area (TPSA) is 78.8 Å². The number of amides is 1. The quantitative estimate of drug-likeness (QED) is 0.367. The van der Waals surface area contributed by atoms with E-state index in [1.165, 1.54) is 7.11 Å². The van der Waals surface area contributed by atoms with Crippen molar-refractivity contribution in [3.63, 3.8) is 0 Å². The normalized spacial score (nSPS) is 10.9. The van der Waals surface area contributed by atoms with Crippen LogP contribution in [0.1, 0.15) is 10.4 Å². The van der Waals surface area contributed by atoms with Crippen molar-refractivity contribution in [1.29, 1.82) is 0 Å². The molecule has 4 aromatic rings. The average molecular weight is 359 g/mol. The fourth-order valence-corrected chi connectivity index (χ4v) is 3.31. The molecule has 4 rings (SSSR count). The molecule has 0 bridgehead atoms. The average Bonchev–Trinajstić information content (AvgIpc) is 2.72. The molecule has 27 heavy (non-hydrogen) atoms. The lowest BCUT2D eigenvalue weighted by molar-refractivity contribution is 0.102. The number of methoxy groups -OCH3 is 1. The number of phenols is 2. The summed E-state index contributed by atoms with van der Waals surface area (Å²) in [6.07, 6.45) is 0. The van der Waals surface area contributed by atoms with Gasteiger partial charge in [0.15, 0.2) is 0 Å². The summed E-state index contributed by atoms with van der Waals surface area (Å²) in [5, 5.41) is 26.2. The molecule has 0 aliphatic carbocycles. The van der Waals surface area contributed by atoms with Gasteiger partial charge in [0.25, 0.3) is 5.91 Å². The number of nitrogens with one attached hydrogen (secondary N) is 1. The predicted octanol–water partition coefficient (Wildman–Crippen LogP) is 4.67. The van der Waals surface area contributed by atoms with Gasteiger partial charge in [0.05, 0.1) is 23.6 Å². The maximum absolute atomic E-state index is 12.5.